The van der Waals surface area contributed by atoms with Gasteiger partial charge in [-0.25, -0.2) is 0 Å². The van der Waals surface area contributed by atoms with Gasteiger partial charge >= 0.3 is 0 Å². The Morgan fingerprint density at radius 3 is 1.44 bits per heavy atom. The molecule has 1 aromatic carbocycles. The first kappa shape index (κ1) is 15.2. The van der Waals surface area contributed by atoms with Crippen LogP contribution in [0.25, 0.3) is 0 Å². The van der Waals surface area contributed by atoms with Crippen LogP contribution in [0, 0.1) is 0 Å². The van der Waals surface area contributed by atoms with Gasteiger partial charge in [-0.05, 0) is 37.1 Å². The summed E-state index contributed by atoms with van der Waals surface area (Å²) in [5.41, 5.74) is 2.76. The summed E-state index contributed by atoms with van der Waals surface area (Å²) in [6.07, 6.45) is 5.05. The summed E-state index contributed by atoms with van der Waals surface area (Å²) in [4.78, 5) is 0. The maximum absolute atomic E-state index is 3.47. The first-order valence-electron chi connectivity index (χ1n) is 7.36. The van der Waals surface area contributed by atoms with Crippen molar-refractivity contribution in [2.24, 2.45) is 0 Å². The molecule has 0 spiro atoms. The first-order valence-corrected chi connectivity index (χ1v) is 7.36. The van der Waals surface area contributed by atoms with E-state index in [-0.39, 0.29) is 0 Å². The van der Waals surface area contributed by atoms with Gasteiger partial charge in [-0.2, -0.15) is 0 Å². The highest BCUT2D eigenvalue weighted by molar-refractivity contribution is 5.22. The predicted molar refractivity (Wildman–Crippen MR) is 79.7 cm³/mol. The molecule has 0 saturated heterocycles. The summed E-state index contributed by atoms with van der Waals surface area (Å²) in [6, 6.07) is 8.93. The Morgan fingerprint density at radius 1 is 0.722 bits per heavy atom. The zero-order chi connectivity index (χ0) is 13.1. The molecule has 0 aliphatic carbocycles. The normalized spacial score (nSPS) is 10.8. The average molecular weight is 248 g/mol. The molecular weight excluding hydrogens is 220 g/mol. The maximum atomic E-state index is 3.47. The second kappa shape index (κ2) is 10.1. The fourth-order valence-corrected chi connectivity index (χ4v) is 1.84. The van der Waals surface area contributed by atoms with Gasteiger partial charge in [0.05, 0.1) is 0 Å². The molecule has 2 N–H and O–H groups in total. The minimum Gasteiger partial charge on any atom is -0.313 e. The molecule has 1 rings (SSSR count). The number of hydrogen-bond acceptors (Lipinski definition) is 2. The largest absolute Gasteiger partial charge is 0.313 e. The van der Waals surface area contributed by atoms with Crippen molar-refractivity contribution in [3.63, 3.8) is 0 Å². The topological polar surface area (TPSA) is 24.1 Å². The van der Waals surface area contributed by atoms with Crippen molar-refractivity contribution >= 4 is 0 Å². The number of benzene rings is 1. The van der Waals surface area contributed by atoms with Gasteiger partial charge in [-0.15, -0.1) is 0 Å². The van der Waals surface area contributed by atoms with Gasteiger partial charge in [0.2, 0.25) is 0 Å². The molecule has 102 valence electrons. The van der Waals surface area contributed by atoms with Crippen LogP contribution in [0.3, 0.4) is 0 Å². The summed E-state index contributed by atoms with van der Waals surface area (Å²) in [5.74, 6) is 0. The van der Waals surface area contributed by atoms with E-state index in [4.69, 9.17) is 0 Å². The van der Waals surface area contributed by atoms with E-state index in [1.165, 1.54) is 36.8 Å². The molecule has 0 heterocycles. The summed E-state index contributed by atoms with van der Waals surface area (Å²) >= 11 is 0. The van der Waals surface area contributed by atoms with E-state index in [1.54, 1.807) is 0 Å². The van der Waals surface area contributed by atoms with Crippen LogP contribution in [0.5, 0.6) is 0 Å². The highest BCUT2D eigenvalue weighted by Crippen LogP contribution is 2.04. The van der Waals surface area contributed by atoms with Crippen LogP contribution in [0.15, 0.2) is 24.3 Å². The molecular formula is C16H28N2. The summed E-state index contributed by atoms with van der Waals surface area (Å²) in [6.45, 7) is 8.67. The van der Waals surface area contributed by atoms with Gasteiger partial charge < -0.3 is 10.6 Å². The lowest BCUT2D eigenvalue weighted by atomic mass is 10.1. The molecule has 2 nitrogen and oxygen atoms in total. The number of hydrogen-bond donors (Lipinski definition) is 2. The van der Waals surface area contributed by atoms with E-state index < -0.39 is 0 Å². The fourth-order valence-electron chi connectivity index (χ4n) is 1.84. The maximum Gasteiger partial charge on any atom is 0.0205 e. The Bertz CT molecular complexity index is 261. The molecule has 0 amide bonds. The Balaban J connectivity index is 2.20. The van der Waals surface area contributed by atoms with Crippen LogP contribution >= 0.6 is 0 Å². The van der Waals surface area contributed by atoms with Gasteiger partial charge in [-0.3, -0.25) is 0 Å². The van der Waals surface area contributed by atoms with Gasteiger partial charge in [0.1, 0.15) is 0 Å². The lowest BCUT2D eigenvalue weighted by molar-refractivity contribution is 0.637. The molecule has 0 unspecified atom stereocenters. The molecule has 0 aliphatic heterocycles. The first-order chi connectivity index (χ1) is 8.86. The highest BCUT2D eigenvalue weighted by Gasteiger charge is 1.95. The van der Waals surface area contributed by atoms with Gasteiger partial charge in [0.15, 0.2) is 0 Å². The fraction of sp³-hybridized carbons (Fsp3) is 0.625. The van der Waals surface area contributed by atoms with E-state index in [2.05, 4.69) is 48.7 Å². The quantitative estimate of drug-likeness (QED) is 0.620. The number of nitrogens with one attached hydrogen (secondary N) is 2. The summed E-state index contributed by atoms with van der Waals surface area (Å²) in [5, 5.41) is 6.93. The molecule has 0 aliphatic rings. The predicted octanol–water partition coefficient (Wildman–Crippen LogP) is 3.47. The zero-order valence-corrected chi connectivity index (χ0v) is 12.0. The molecule has 0 aromatic heterocycles. The Labute approximate surface area is 112 Å². The van der Waals surface area contributed by atoms with E-state index in [1.807, 2.05) is 0 Å². The molecule has 0 radical (unpaired) electrons. The van der Waals surface area contributed by atoms with Crippen molar-refractivity contribution in [3.05, 3.63) is 35.4 Å². The Hall–Kier alpha value is -0.860. The summed E-state index contributed by atoms with van der Waals surface area (Å²) in [7, 11) is 0. The third kappa shape index (κ3) is 6.77. The molecule has 1 aromatic rings. The Kier molecular flexibility index (Phi) is 8.53. The minimum atomic E-state index is 0.990. The smallest absolute Gasteiger partial charge is 0.0205 e. The van der Waals surface area contributed by atoms with E-state index >= 15 is 0 Å². The lowest BCUT2D eigenvalue weighted by Crippen LogP contribution is -2.15. The third-order valence-corrected chi connectivity index (χ3v) is 3.10. The second-order valence-electron chi connectivity index (χ2n) is 4.88. The van der Waals surface area contributed by atoms with Crippen molar-refractivity contribution in [1.29, 1.82) is 0 Å². The van der Waals surface area contributed by atoms with E-state index in [9.17, 15) is 0 Å². The van der Waals surface area contributed by atoms with Gasteiger partial charge in [0.25, 0.3) is 0 Å². The number of unbranched alkanes of at least 4 members (excludes halogenated alkanes) is 2. The van der Waals surface area contributed by atoms with E-state index in [0.717, 1.165) is 26.2 Å². The SMILES string of the molecule is CCCCNCc1ccc(CNCCCC)cc1. The van der Waals surface area contributed by atoms with Gasteiger partial charge in [0, 0.05) is 13.1 Å². The zero-order valence-electron chi connectivity index (χ0n) is 12.0. The van der Waals surface area contributed by atoms with Crippen molar-refractivity contribution in [2.75, 3.05) is 13.1 Å². The van der Waals surface area contributed by atoms with Crippen LogP contribution in [0.4, 0.5) is 0 Å². The van der Waals surface area contributed by atoms with Crippen molar-refractivity contribution in [1.82, 2.24) is 10.6 Å². The Morgan fingerprint density at radius 2 is 1.11 bits per heavy atom. The van der Waals surface area contributed by atoms with Crippen LogP contribution in [0.1, 0.15) is 50.7 Å². The standard InChI is InChI=1S/C16H28N2/c1-3-5-11-17-13-15-7-9-16(10-8-15)14-18-12-6-4-2/h7-10,17-18H,3-6,11-14H2,1-2H3. The molecule has 0 atom stereocenters. The van der Waals surface area contributed by atoms with Crippen molar-refractivity contribution < 1.29 is 0 Å². The monoisotopic (exact) mass is 248 g/mol. The van der Waals surface area contributed by atoms with Crippen LogP contribution < -0.4 is 10.6 Å². The third-order valence-electron chi connectivity index (χ3n) is 3.10. The molecule has 18 heavy (non-hydrogen) atoms. The lowest BCUT2D eigenvalue weighted by Gasteiger charge is -2.07. The summed E-state index contributed by atoms with van der Waals surface area (Å²) < 4.78 is 0. The number of rotatable bonds is 10. The molecule has 2 heteroatoms. The van der Waals surface area contributed by atoms with Crippen molar-refractivity contribution in [3.8, 4) is 0 Å². The van der Waals surface area contributed by atoms with E-state index in [0.29, 0.717) is 0 Å². The van der Waals surface area contributed by atoms with Crippen LogP contribution in [-0.2, 0) is 13.1 Å². The highest BCUT2D eigenvalue weighted by atomic mass is 14.8. The molecule has 0 bridgehead atoms. The van der Waals surface area contributed by atoms with Crippen LogP contribution in [-0.4, -0.2) is 13.1 Å². The molecule has 0 saturated carbocycles. The molecule has 0 fully saturated rings. The van der Waals surface area contributed by atoms with Crippen LogP contribution in [0.2, 0.25) is 0 Å². The minimum absolute atomic E-state index is 0.990. The average Bonchev–Trinajstić information content (AvgIpc) is 2.41. The van der Waals surface area contributed by atoms with Crippen molar-refractivity contribution in [2.45, 2.75) is 52.6 Å². The van der Waals surface area contributed by atoms with Gasteiger partial charge in [-0.1, -0.05) is 51.0 Å². The second-order valence-corrected chi connectivity index (χ2v) is 4.88.